The Bertz CT molecular complexity index is 742. The quantitative estimate of drug-likeness (QED) is 0.872. The van der Waals surface area contributed by atoms with E-state index in [9.17, 15) is 9.59 Å². The number of carboxylic acid groups (broad SMARTS) is 1. The molecule has 0 unspecified atom stereocenters. The van der Waals surface area contributed by atoms with Crippen LogP contribution >= 0.6 is 0 Å². The molecule has 0 aliphatic heterocycles. The molecule has 0 saturated heterocycles. The highest BCUT2D eigenvalue weighted by atomic mass is 16.4. The van der Waals surface area contributed by atoms with Crippen molar-refractivity contribution in [2.45, 2.75) is 12.8 Å². The van der Waals surface area contributed by atoms with Gasteiger partial charge in [-0.15, -0.1) is 0 Å². The molecular formula is C18H14O3. The van der Waals surface area contributed by atoms with Crippen molar-refractivity contribution >= 4 is 17.3 Å². The molecule has 3 nitrogen and oxygen atoms in total. The van der Waals surface area contributed by atoms with E-state index in [1.165, 1.54) is 0 Å². The molecule has 0 spiro atoms. The van der Waals surface area contributed by atoms with E-state index in [0.717, 1.165) is 11.1 Å². The Balaban J connectivity index is 2.07. The first-order valence-corrected chi connectivity index (χ1v) is 6.78. The second kappa shape index (κ2) is 5.37. The van der Waals surface area contributed by atoms with Gasteiger partial charge in [0.15, 0.2) is 5.78 Å². The van der Waals surface area contributed by atoms with Crippen molar-refractivity contribution in [1.29, 1.82) is 0 Å². The lowest BCUT2D eigenvalue weighted by molar-refractivity contribution is -0.135. The van der Waals surface area contributed by atoms with Crippen LogP contribution in [0.15, 0.2) is 60.2 Å². The zero-order valence-electron chi connectivity index (χ0n) is 11.4. The van der Waals surface area contributed by atoms with Crippen LogP contribution in [0.2, 0.25) is 0 Å². The predicted octanol–water partition coefficient (Wildman–Crippen LogP) is 3.35. The number of carbonyl (C=O) groups excluding carboxylic acids is 1. The van der Waals surface area contributed by atoms with Gasteiger partial charge < -0.3 is 5.11 Å². The van der Waals surface area contributed by atoms with Crippen LogP contribution in [0, 0.1) is 0 Å². The standard InChI is InChI=1S/C18H14O3/c19-17(20)11-15-14-9-5-4-8-13(14)10-16(15)18(21)12-6-2-1-3-7-12/h1-9H,10-11H2,(H,19,20). The van der Waals surface area contributed by atoms with E-state index in [2.05, 4.69) is 0 Å². The van der Waals surface area contributed by atoms with Gasteiger partial charge in [0.25, 0.3) is 0 Å². The lowest BCUT2D eigenvalue weighted by Gasteiger charge is -2.06. The molecule has 0 aromatic heterocycles. The molecule has 3 rings (SSSR count). The zero-order chi connectivity index (χ0) is 14.8. The fourth-order valence-corrected chi connectivity index (χ4v) is 2.76. The van der Waals surface area contributed by atoms with Crippen LogP contribution in [0.1, 0.15) is 27.9 Å². The third-order valence-electron chi connectivity index (χ3n) is 3.71. The van der Waals surface area contributed by atoms with E-state index in [1.807, 2.05) is 42.5 Å². The normalized spacial score (nSPS) is 13.1. The van der Waals surface area contributed by atoms with Crippen molar-refractivity contribution in [3.05, 3.63) is 76.9 Å². The Hall–Kier alpha value is -2.68. The number of aliphatic carboxylic acids is 1. The van der Waals surface area contributed by atoms with Gasteiger partial charge >= 0.3 is 5.97 Å². The Kier molecular flexibility index (Phi) is 3.40. The molecule has 0 saturated carbocycles. The number of rotatable bonds is 4. The van der Waals surface area contributed by atoms with Gasteiger partial charge in [-0.25, -0.2) is 0 Å². The molecule has 1 N–H and O–H groups in total. The molecule has 1 aliphatic carbocycles. The van der Waals surface area contributed by atoms with Crippen LogP contribution in [-0.4, -0.2) is 16.9 Å². The van der Waals surface area contributed by atoms with E-state index in [0.29, 0.717) is 23.1 Å². The number of allylic oxidation sites excluding steroid dienone is 1. The summed E-state index contributed by atoms with van der Waals surface area (Å²) in [5.74, 6) is -0.997. The number of carbonyl (C=O) groups is 2. The summed E-state index contributed by atoms with van der Waals surface area (Å²) in [6, 6.07) is 16.6. The average Bonchev–Trinajstić information content (AvgIpc) is 2.86. The Labute approximate surface area is 122 Å². The van der Waals surface area contributed by atoms with Gasteiger partial charge in [0.2, 0.25) is 0 Å². The number of ketones is 1. The SMILES string of the molecule is O=C(O)CC1=C(C(=O)c2ccccc2)Cc2ccccc21. The van der Waals surface area contributed by atoms with Crippen LogP contribution in [0.5, 0.6) is 0 Å². The zero-order valence-corrected chi connectivity index (χ0v) is 11.4. The number of hydrogen-bond donors (Lipinski definition) is 1. The van der Waals surface area contributed by atoms with Crippen LogP contribution in [-0.2, 0) is 11.2 Å². The van der Waals surface area contributed by atoms with Crippen LogP contribution in [0.3, 0.4) is 0 Å². The highest BCUT2D eigenvalue weighted by Crippen LogP contribution is 2.36. The summed E-state index contributed by atoms with van der Waals surface area (Å²) >= 11 is 0. The summed E-state index contributed by atoms with van der Waals surface area (Å²) in [4.78, 5) is 23.8. The van der Waals surface area contributed by atoms with Gasteiger partial charge in [-0.1, -0.05) is 54.6 Å². The molecule has 104 valence electrons. The lowest BCUT2D eigenvalue weighted by atomic mass is 9.97. The topological polar surface area (TPSA) is 54.4 Å². The van der Waals surface area contributed by atoms with Gasteiger partial charge in [-0.3, -0.25) is 9.59 Å². The van der Waals surface area contributed by atoms with E-state index >= 15 is 0 Å². The number of hydrogen-bond acceptors (Lipinski definition) is 2. The average molecular weight is 278 g/mol. The Morgan fingerprint density at radius 1 is 0.952 bits per heavy atom. The largest absolute Gasteiger partial charge is 0.481 e. The van der Waals surface area contributed by atoms with Crippen molar-refractivity contribution in [2.75, 3.05) is 0 Å². The van der Waals surface area contributed by atoms with Crippen molar-refractivity contribution in [2.24, 2.45) is 0 Å². The summed E-state index contributed by atoms with van der Waals surface area (Å²) < 4.78 is 0. The highest BCUT2D eigenvalue weighted by Gasteiger charge is 2.27. The van der Waals surface area contributed by atoms with Gasteiger partial charge in [0.1, 0.15) is 0 Å². The first kappa shape index (κ1) is 13.3. The molecule has 2 aromatic carbocycles. The third kappa shape index (κ3) is 2.50. The maximum Gasteiger partial charge on any atom is 0.307 e. The molecule has 0 amide bonds. The third-order valence-corrected chi connectivity index (χ3v) is 3.71. The number of fused-ring (bicyclic) bond motifs is 1. The molecular weight excluding hydrogens is 264 g/mol. The molecule has 0 radical (unpaired) electrons. The number of carboxylic acids is 1. The van der Waals surface area contributed by atoms with E-state index < -0.39 is 5.97 Å². The molecule has 0 atom stereocenters. The minimum Gasteiger partial charge on any atom is -0.481 e. The summed E-state index contributed by atoms with van der Waals surface area (Å²) in [5, 5.41) is 9.12. The Morgan fingerprint density at radius 3 is 2.33 bits per heavy atom. The molecule has 21 heavy (non-hydrogen) atoms. The fraction of sp³-hybridized carbons (Fsp3) is 0.111. The van der Waals surface area contributed by atoms with E-state index in [1.54, 1.807) is 12.1 Å². The smallest absolute Gasteiger partial charge is 0.307 e. The molecule has 2 aromatic rings. The second-order valence-corrected chi connectivity index (χ2v) is 5.06. The highest BCUT2D eigenvalue weighted by molar-refractivity contribution is 6.15. The molecule has 3 heteroatoms. The monoisotopic (exact) mass is 278 g/mol. The van der Waals surface area contributed by atoms with Gasteiger partial charge in [-0.05, 0) is 16.7 Å². The van der Waals surface area contributed by atoms with E-state index in [4.69, 9.17) is 5.11 Å². The summed E-state index contributed by atoms with van der Waals surface area (Å²) in [6.07, 6.45) is 0.386. The van der Waals surface area contributed by atoms with Crippen molar-refractivity contribution in [3.8, 4) is 0 Å². The maximum atomic E-state index is 12.7. The van der Waals surface area contributed by atoms with Gasteiger partial charge in [-0.2, -0.15) is 0 Å². The predicted molar refractivity (Wildman–Crippen MR) is 80.1 cm³/mol. The molecule has 0 fully saturated rings. The van der Waals surface area contributed by atoms with E-state index in [-0.39, 0.29) is 12.2 Å². The lowest BCUT2D eigenvalue weighted by Crippen LogP contribution is -2.06. The van der Waals surface area contributed by atoms with Crippen molar-refractivity contribution in [3.63, 3.8) is 0 Å². The summed E-state index contributed by atoms with van der Waals surface area (Å²) in [7, 11) is 0. The number of Topliss-reactive ketones (excluding diaryl/α,β-unsaturated/α-hetero) is 1. The van der Waals surface area contributed by atoms with Crippen LogP contribution in [0.25, 0.3) is 5.57 Å². The van der Waals surface area contributed by atoms with Gasteiger partial charge in [0, 0.05) is 17.6 Å². The summed E-state index contributed by atoms with van der Waals surface area (Å²) in [5.41, 5.74) is 3.76. The molecule has 0 heterocycles. The minimum atomic E-state index is -0.917. The van der Waals surface area contributed by atoms with Crippen LogP contribution in [0.4, 0.5) is 0 Å². The van der Waals surface area contributed by atoms with Crippen molar-refractivity contribution < 1.29 is 14.7 Å². The first-order chi connectivity index (χ1) is 10.2. The number of benzene rings is 2. The van der Waals surface area contributed by atoms with Gasteiger partial charge in [0.05, 0.1) is 6.42 Å². The first-order valence-electron chi connectivity index (χ1n) is 6.78. The molecule has 1 aliphatic rings. The Morgan fingerprint density at radius 2 is 1.62 bits per heavy atom. The van der Waals surface area contributed by atoms with Crippen LogP contribution < -0.4 is 0 Å². The maximum absolute atomic E-state index is 12.7. The second-order valence-electron chi connectivity index (χ2n) is 5.06. The fourth-order valence-electron chi connectivity index (χ4n) is 2.76. The van der Waals surface area contributed by atoms with Crippen molar-refractivity contribution in [1.82, 2.24) is 0 Å². The summed E-state index contributed by atoms with van der Waals surface area (Å²) in [6.45, 7) is 0. The minimum absolute atomic E-state index is 0.0805. The molecule has 0 bridgehead atoms.